The second kappa shape index (κ2) is 8.46. The molecule has 30 heavy (non-hydrogen) atoms. The molecule has 0 atom stereocenters. The number of nitrogens with zero attached hydrogens (tertiary/aromatic N) is 1. The zero-order valence-electron chi connectivity index (χ0n) is 18.6. The monoisotopic (exact) mass is 461 g/mol. The summed E-state index contributed by atoms with van der Waals surface area (Å²) in [6.45, 7) is 13.5. The number of rotatable bonds is 7. The molecule has 0 aliphatic carbocycles. The van der Waals surface area contributed by atoms with E-state index in [2.05, 4.69) is 33.9 Å². The largest absolute Gasteiger partial charge is 0.415 e. The SMILES string of the molecule is Cc1ccc(S(=O)(=O)N(CCO[Si](C)(C)C(C)(C)C)c2cc3ccccc3s2)cc1. The van der Waals surface area contributed by atoms with Crippen molar-refractivity contribution in [2.45, 2.75) is 50.7 Å². The first-order chi connectivity index (χ1) is 13.9. The van der Waals surface area contributed by atoms with Crippen LogP contribution in [0.3, 0.4) is 0 Å². The highest BCUT2D eigenvalue weighted by Crippen LogP contribution is 2.38. The van der Waals surface area contributed by atoms with Gasteiger partial charge in [-0.15, -0.1) is 11.3 Å². The summed E-state index contributed by atoms with van der Waals surface area (Å²) in [5.41, 5.74) is 1.03. The number of aryl methyl sites for hydroxylation is 1. The summed E-state index contributed by atoms with van der Waals surface area (Å²) in [6, 6.07) is 17.0. The lowest BCUT2D eigenvalue weighted by Gasteiger charge is -2.36. The first-order valence-electron chi connectivity index (χ1n) is 10.1. The Bertz CT molecular complexity index is 1080. The van der Waals surface area contributed by atoms with Gasteiger partial charge in [0.05, 0.1) is 18.0 Å². The van der Waals surface area contributed by atoms with E-state index in [1.165, 1.54) is 15.6 Å². The molecule has 162 valence electrons. The third kappa shape index (κ3) is 4.80. The molecule has 0 N–H and O–H groups in total. The van der Waals surface area contributed by atoms with Gasteiger partial charge < -0.3 is 4.43 Å². The van der Waals surface area contributed by atoms with Crippen LogP contribution in [-0.4, -0.2) is 29.9 Å². The molecule has 0 radical (unpaired) electrons. The molecule has 1 aromatic heterocycles. The van der Waals surface area contributed by atoms with Gasteiger partial charge in [-0.2, -0.15) is 0 Å². The maximum absolute atomic E-state index is 13.6. The van der Waals surface area contributed by atoms with Crippen LogP contribution in [0.1, 0.15) is 26.3 Å². The first-order valence-corrected chi connectivity index (χ1v) is 15.3. The van der Waals surface area contributed by atoms with Crippen LogP contribution in [0.15, 0.2) is 59.5 Å². The summed E-state index contributed by atoms with van der Waals surface area (Å²) in [6.07, 6.45) is 0. The van der Waals surface area contributed by atoms with Gasteiger partial charge in [-0.3, -0.25) is 4.31 Å². The van der Waals surface area contributed by atoms with E-state index in [-0.39, 0.29) is 11.6 Å². The quantitative estimate of drug-likeness (QED) is 0.381. The lowest BCUT2D eigenvalue weighted by atomic mass is 10.2. The molecule has 0 aliphatic heterocycles. The van der Waals surface area contributed by atoms with Gasteiger partial charge in [0.2, 0.25) is 0 Å². The summed E-state index contributed by atoms with van der Waals surface area (Å²) in [5.74, 6) is 0. The molecule has 1 heterocycles. The number of thiophene rings is 1. The Morgan fingerprint density at radius 3 is 2.27 bits per heavy atom. The molecule has 0 aliphatic rings. The zero-order chi connectivity index (χ0) is 22.2. The summed E-state index contributed by atoms with van der Waals surface area (Å²) in [4.78, 5) is 0.304. The number of sulfonamides is 1. The Balaban J connectivity index is 1.95. The van der Waals surface area contributed by atoms with E-state index in [4.69, 9.17) is 4.43 Å². The van der Waals surface area contributed by atoms with Crippen molar-refractivity contribution in [1.29, 1.82) is 0 Å². The van der Waals surface area contributed by atoms with E-state index >= 15 is 0 Å². The van der Waals surface area contributed by atoms with Gasteiger partial charge in [-0.05, 0) is 54.7 Å². The second-order valence-electron chi connectivity index (χ2n) is 9.12. The average molecular weight is 462 g/mol. The minimum Gasteiger partial charge on any atom is -0.415 e. The fourth-order valence-corrected chi connectivity index (χ4v) is 6.65. The van der Waals surface area contributed by atoms with Crippen molar-refractivity contribution in [1.82, 2.24) is 0 Å². The van der Waals surface area contributed by atoms with Crippen LogP contribution < -0.4 is 4.31 Å². The standard InChI is InChI=1S/C23H31NO3S2Si/c1-18-11-13-20(14-12-18)29(25,26)24(15-16-27-30(5,6)23(2,3)4)22-17-19-9-7-8-10-21(19)28-22/h7-14,17H,15-16H2,1-6H3. The van der Waals surface area contributed by atoms with Crippen LogP contribution in [0.5, 0.6) is 0 Å². The normalized spacial score (nSPS) is 13.0. The van der Waals surface area contributed by atoms with Gasteiger partial charge in [0.15, 0.2) is 8.32 Å². The lowest BCUT2D eigenvalue weighted by molar-refractivity contribution is 0.298. The second-order valence-corrected chi connectivity index (χ2v) is 16.9. The molecule has 0 saturated heterocycles. The summed E-state index contributed by atoms with van der Waals surface area (Å²) in [5, 5.41) is 1.84. The minimum atomic E-state index is -3.69. The van der Waals surface area contributed by atoms with Gasteiger partial charge in [0.1, 0.15) is 5.00 Å². The van der Waals surface area contributed by atoms with E-state index in [0.717, 1.165) is 20.7 Å². The molecule has 3 rings (SSSR count). The molecule has 0 fully saturated rings. The van der Waals surface area contributed by atoms with Gasteiger partial charge in [-0.1, -0.05) is 56.7 Å². The molecule has 0 amide bonds. The van der Waals surface area contributed by atoms with Crippen molar-refractivity contribution in [3.63, 3.8) is 0 Å². The fourth-order valence-electron chi connectivity index (χ4n) is 2.88. The van der Waals surface area contributed by atoms with Gasteiger partial charge >= 0.3 is 0 Å². The fraction of sp³-hybridized carbons (Fsp3) is 0.391. The summed E-state index contributed by atoms with van der Waals surface area (Å²) in [7, 11) is -5.66. The summed E-state index contributed by atoms with van der Waals surface area (Å²) >= 11 is 1.50. The maximum Gasteiger partial charge on any atom is 0.265 e. The molecule has 4 nitrogen and oxygen atoms in total. The average Bonchev–Trinajstić information content (AvgIpc) is 3.08. The number of fused-ring (bicyclic) bond motifs is 1. The molecule has 0 spiro atoms. The van der Waals surface area contributed by atoms with E-state index < -0.39 is 18.3 Å². The molecule has 0 unspecified atom stereocenters. The van der Waals surface area contributed by atoms with Crippen molar-refractivity contribution in [2.24, 2.45) is 0 Å². The molecule has 3 aromatic rings. The van der Waals surface area contributed by atoms with Crippen LogP contribution >= 0.6 is 11.3 Å². The van der Waals surface area contributed by atoms with Crippen LogP contribution in [0.2, 0.25) is 18.1 Å². The van der Waals surface area contributed by atoms with Crippen molar-refractivity contribution in [3.05, 3.63) is 60.2 Å². The number of hydrogen-bond acceptors (Lipinski definition) is 4. The first kappa shape index (κ1) is 23.0. The number of anilines is 1. The highest BCUT2D eigenvalue weighted by Gasteiger charge is 2.37. The molecule has 7 heteroatoms. The Hall–Kier alpha value is -1.67. The van der Waals surface area contributed by atoms with E-state index in [1.807, 2.05) is 49.4 Å². The highest BCUT2D eigenvalue weighted by molar-refractivity contribution is 7.93. The third-order valence-corrected chi connectivity index (χ3v) is 13.5. The van der Waals surface area contributed by atoms with Crippen molar-refractivity contribution in [2.75, 3.05) is 17.5 Å². The van der Waals surface area contributed by atoms with Crippen LogP contribution in [-0.2, 0) is 14.4 Å². The highest BCUT2D eigenvalue weighted by atomic mass is 32.2. The smallest absolute Gasteiger partial charge is 0.265 e. The summed E-state index contributed by atoms with van der Waals surface area (Å²) < 4.78 is 36.0. The van der Waals surface area contributed by atoms with E-state index in [1.54, 1.807) is 12.1 Å². The van der Waals surface area contributed by atoms with Gasteiger partial charge in [0, 0.05) is 4.70 Å². The van der Waals surface area contributed by atoms with Crippen molar-refractivity contribution < 1.29 is 12.8 Å². The van der Waals surface area contributed by atoms with Crippen LogP contribution in [0, 0.1) is 6.92 Å². The molecular weight excluding hydrogens is 430 g/mol. The number of benzene rings is 2. The zero-order valence-corrected chi connectivity index (χ0v) is 21.2. The molecule has 0 bridgehead atoms. The third-order valence-electron chi connectivity index (χ3n) is 5.83. The Morgan fingerprint density at radius 2 is 1.67 bits per heavy atom. The molecular formula is C23H31NO3S2Si. The number of hydrogen-bond donors (Lipinski definition) is 0. The van der Waals surface area contributed by atoms with Crippen molar-refractivity contribution >= 4 is 44.8 Å². The Morgan fingerprint density at radius 1 is 1.03 bits per heavy atom. The maximum atomic E-state index is 13.6. The minimum absolute atomic E-state index is 0.0747. The lowest BCUT2D eigenvalue weighted by Crippen LogP contribution is -2.43. The van der Waals surface area contributed by atoms with E-state index in [9.17, 15) is 8.42 Å². The van der Waals surface area contributed by atoms with E-state index in [0.29, 0.717) is 11.5 Å². The topological polar surface area (TPSA) is 46.6 Å². The predicted molar refractivity (Wildman–Crippen MR) is 131 cm³/mol. The van der Waals surface area contributed by atoms with Gasteiger partial charge in [0.25, 0.3) is 10.0 Å². The Labute approximate surface area is 185 Å². The van der Waals surface area contributed by atoms with Crippen LogP contribution in [0.4, 0.5) is 5.00 Å². The van der Waals surface area contributed by atoms with Gasteiger partial charge in [-0.25, -0.2) is 8.42 Å². The molecule has 0 saturated carbocycles. The molecule has 2 aromatic carbocycles. The van der Waals surface area contributed by atoms with Crippen LogP contribution in [0.25, 0.3) is 10.1 Å². The predicted octanol–water partition coefficient (Wildman–Crippen LogP) is 6.43. The van der Waals surface area contributed by atoms with Crippen molar-refractivity contribution in [3.8, 4) is 0 Å². The Kier molecular flexibility index (Phi) is 6.48.